The first-order valence-electron chi connectivity index (χ1n) is 6.42. The Morgan fingerprint density at radius 1 is 0.833 bits per heavy atom. The Morgan fingerprint density at radius 2 is 1.39 bits per heavy atom. The van der Waals surface area contributed by atoms with Crippen LogP contribution in [0.3, 0.4) is 0 Å². The van der Waals surface area contributed by atoms with Crippen LogP contribution in [0, 0.1) is 6.42 Å². The van der Waals surface area contributed by atoms with Crippen molar-refractivity contribution in [2.24, 2.45) is 0 Å². The maximum atomic E-state index is 2.33. The van der Waals surface area contributed by atoms with Gasteiger partial charge in [0.25, 0.3) is 0 Å². The van der Waals surface area contributed by atoms with Crippen LogP contribution in [0.4, 0.5) is 0 Å². The van der Waals surface area contributed by atoms with E-state index in [0.717, 1.165) is 19.5 Å². The quantitative estimate of drug-likeness (QED) is 0.743. The van der Waals surface area contributed by atoms with Gasteiger partial charge < -0.3 is 4.90 Å². The highest BCUT2D eigenvalue weighted by Gasteiger charge is 2.00. The lowest BCUT2D eigenvalue weighted by Gasteiger charge is -2.16. The molecule has 0 aromatic heterocycles. The van der Waals surface area contributed by atoms with Gasteiger partial charge in [0.05, 0.1) is 0 Å². The molecule has 1 nitrogen and oxygen atoms in total. The minimum atomic E-state index is 1.01. The lowest BCUT2D eigenvalue weighted by molar-refractivity contribution is 0.350. The molecule has 1 heteroatoms. The minimum Gasteiger partial charge on any atom is -0.302 e. The molecule has 0 saturated carbocycles. The van der Waals surface area contributed by atoms with Gasteiger partial charge in [-0.15, -0.1) is 0 Å². The highest BCUT2D eigenvalue weighted by Crippen LogP contribution is 2.05. The summed E-state index contributed by atoms with van der Waals surface area (Å²) in [5.74, 6) is 0. The van der Waals surface area contributed by atoms with Crippen molar-refractivity contribution in [2.75, 3.05) is 13.6 Å². The summed E-state index contributed by atoms with van der Waals surface area (Å²) >= 11 is 0. The number of rotatable bonds is 6. The van der Waals surface area contributed by atoms with Crippen LogP contribution in [0.15, 0.2) is 60.7 Å². The van der Waals surface area contributed by atoms with E-state index in [4.69, 9.17) is 0 Å². The monoisotopic (exact) mass is 238 g/mol. The average Bonchev–Trinajstić information content (AvgIpc) is 2.41. The van der Waals surface area contributed by atoms with Gasteiger partial charge in [0.1, 0.15) is 0 Å². The molecule has 0 aliphatic heterocycles. The van der Waals surface area contributed by atoms with Crippen LogP contribution in [-0.2, 0) is 13.0 Å². The Balaban J connectivity index is 1.71. The second-order valence-corrected chi connectivity index (χ2v) is 4.66. The topological polar surface area (TPSA) is 3.24 Å². The van der Waals surface area contributed by atoms with E-state index >= 15 is 0 Å². The van der Waals surface area contributed by atoms with E-state index in [0.29, 0.717) is 0 Å². The van der Waals surface area contributed by atoms with Gasteiger partial charge in [0.2, 0.25) is 0 Å². The molecule has 2 aromatic rings. The van der Waals surface area contributed by atoms with E-state index in [2.05, 4.69) is 79.0 Å². The van der Waals surface area contributed by atoms with Crippen LogP contribution in [0.5, 0.6) is 0 Å². The number of nitrogens with zero attached hydrogens (tertiary/aromatic N) is 1. The molecule has 0 aliphatic carbocycles. The molecule has 1 radical (unpaired) electrons. The van der Waals surface area contributed by atoms with Crippen molar-refractivity contribution in [1.29, 1.82) is 0 Å². The lowest BCUT2D eigenvalue weighted by Crippen LogP contribution is -2.19. The third-order valence-electron chi connectivity index (χ3n) is 2.96. The van der Waals surface area contributed by atoms with Crippen molar-refractivity contribution < 1.29 is 0 Å². The summed E-state index contributed by atoms with van der Waals surface area (Å²) in [6.07, 6.45) is 3.37. The smallest absolute Gasteiger partial charge is 0.0230 e. The predicted octanol–water partition coefficient (Wildman–Crippen LogP) is 3.57. The van der Waals surface area contributed by atoms with Gasteiger partial charge in [-0.05, 0) is 31.0 Å². The zero-order valence-corrected chi connectivity index (χ0v) is 10.9. The van der Waals surface area contributed by atoms with Crippen LogP contribution >= 0.6 is 0 Å². The number of benzene rings is 2. The van der Waals surface area contributed by atoms with Crippen molar-refractivity contribution in [2.45, 2.75) is 13.0 Å². The standard InChI is InChI=1S/C17H20N/c1-18(15-17-11-6-3-7-12-17)14-8-13-16-9-4-2-5-10-16/h2-12H,13-15H2,1H3. The molecule has 0 atom stereocenters. The molecule has 0 saturated heterocycles. The highest BCUT2D eigenvalue weighted by atomic mass is 15.1. The highest BCUT2D eigenvalue weighted by molar-refractivity contribution is 5.17. The first-order valence-corrected chi connectivity index (χ1v) is 6.42. The van der Waals surface area contributed by atoms with Crippen molar-refractivity contribution in [3.05, 3.63) is 78.2 Å². The van der Waals surface area contributed by atoms with Crippen LogP contribution < -0.4 is 0 Å². The Morgan fingerprint density at radius 3 is 2.00 bits per heavy atom. The maximum absolute atomic E-state index is 2.33. The van der Waals surface area contributed by atoms with Crippen LogP contribution in [-0.4, -0.2) is 18.5 Å². The SMILES string of the molecule is CN(C[CH]Cc1ccccc1)Cc1ccccc1. The molecular weight excluding hydrogens is 218 g/mol. The third kappa shape index (κ3) is 4.34. The normalized spacial score (nSPS) is 10.8. The van der Waals surface area contributed by atoms with Crippen molar-refractivity contribution >= 4 is 0 Å². The van der Waals surface area contributed by atoms with E-state index in [1.165, 1.54) is 11.1 Å². The molecule has 0 fully saturated rings. The second kappa shape index (κ2) is 6.97. The van der Waals surface area contributed by atoms with Crippen molar-refractivity contribution in [1.82, 2.24) is 4.90 Å². The molecule has 93 valence electrons. The van der Waals surface area contributed by atoms with Gasteiger partial charge >= 0.3 is 0 Å². The molecule has 0 bridgehead atoms. The summed E-state index contributed by atoms with van der Waals surface area (Å²) in [7, 11) is 2.16. The van der Waals surface area contributed by atoms with Crippen LogP contribution in [0.2, 0.25) is 0 Å². The van der Waals surface area contributed by atoms with Gasteiger partial charge in [-0.3, -0.25) is 0 Å². The zero-order chi connectivity index (χ0) is 12.6. The molecular formula is C17H20N. The fourth-order valence-corrected chi connectivity index (χ4v) is 2.03. The molecule has 0 amide bonds. The Kier molecular flexibility index (Phi) is 4.98. The Labute approximate surface area is 110 Å². The molecule has 0 heterocycles. The molecule has 0 unspecified atom stereocenters. The molecule has 18 heavy (non-hydrogen) atoms. The largest absolute Gasteiger partial charge is 0.302 e. The first kappa shape index (κ1) is 12.8. The summed E-state index contributed by atoms with van der Waals surface area (Å²) in [6.45, 7) is 2.02. The van der Waals surface area contributed by atoms with Gasteiger partial charge in [-0.2, -0.15) is 0 Å². The fraction of sp³-hybridized carbons (Fsp3) is 0.235. The summed E-state index contributed by atoms with van der Waals surface area (Å²) < 4.78 is 0. The predicted molar refractivity (Wildman–Crippen MR) is 77.2 cm³/mol. The van der Waals surface area contributed by atoms with E-state index in [-0.39, 0.29) is 0 Å². The summed E-state index contributed by atoms with van der Waals surface area (Å²) in [4.78, 5) is 2.33. The van der Waals surface area contributed by atoms with Crippen molar-refractivity contribution in [3.8, 4) is 0 Å². The van der Waals surface area contributed by atoms with E-state index in [1.807, 2.05) is 0 Å². The minimum absolute atomic E-state index is 1.01. The molecule has 0 spiro atoms. The Hall–Kier alpha value is -1.60. The van der Waals surface area contributed by atoms with Gasteiger partial charge in [0.15, 0.2) is 0 Å². The van der Waals surface area contributed by atoms with E-state index in [1.54, 1.807) is 0 Å². The lowest BCUT2D eigenvalue weighted by atomic mass is 10.1. The van der Waals surface area contributed by atoms with Gasteiger partial charge in [-0.1, -0.05) is 60.7 Å². The fourth-order valence-electron chi connectivity index (χ4n) is 2.03. The number of hydrogen-bond acceptors (Lipinski definition) is 1. The van der Waals surface area contributed by atoms with Gasteiger partial charge in [-0.25, -0.2) is 0 Å². The van der Waals surface area contributed by atoms with E-state index < -0.39 is 0 Å². The molecule has 2 aromatic carbocycles. The zero-order valence-electron chi connectivity index (χ0n) is 10.9. The third-order valence-corrected chi connectivity index (χ3v) is 2.96. The van der Waals surface area contributed by atoms with Crippen LogP contribution in [0.1, 0.15) is 11.1 Å². The molecule has 0 N–H and O–H groups in total. The average molecular weight is 238 g/mol. The second-order valence-electron chi connectivity index (χ2n) is 4.66. The van der Waals surface area contributed by atoms with Crippen LogP contribution in [0.25, 0.3) is 0 Å². The summed E-state index contributed by atoms with van der Waals surface area (Å²) in [5, 5.41) is 0. The van der Waals surface area contributed by atoms with Gasteiger partial charge in [0, 0.05) is 13.1 Å². The molecule has 0 aliphatic rings. The van der Waals surface area contributed by atoms with E-state index in [9.17, 15) is 0 Å². The first-order chi connectivity index (χ1) is 8.84. The summed E-state index contributed by atoms with van der Waals surface area (Å²) in [5.41, 5.74) is 2.75. The van der Waals surface area contributed by atoms with Crippen molar-refractivity contribution in [3.63, 3.8) is 0 Å². The number of hydrogen-bond donors (Lipinski definition) is 0. The summed E-state index contributed by atoms with van der Waals surface area (Å²) in [6, 6.07) is 21.2. The Bertz CT molecular complexity index is 436. The maximum Gasteiger partial charge on any atom is 0.0230 e. The molecule has 2 rings (SSSR count).